The van der Waals surface area contributed by atoms with Crippen LogP contribution in [0.4, 0.5) is 34.5 Å². The van der Waals surface area contributed by atoms with Crippen LogP contribution in [0.2, 0.25) is 0 Å². The van der Waals surface area contributed by atoms with Crippen LogP contribution in [0.5, 0.6) is 5.75 Å². The van der Waals surface area contributed by atoms with E-state index < -0.39 is 0 Å². The molecule has 2 fully saturated rings. The van der Waals surface area contributed by atoms with Crippen molar-refractivity contribution in [2.75, 3.05) is 47.0 Å². The molecule has 2 aliphatic rings. The number of nitrogens with one attached hydrogen (secondary N) is 3. The molecule has 0 radical (unpaired) electrons. The first kappa shape index (κ1) is 28.9. The lowest BCUT2D eigenvalue weighted by atomic mass is 10.0. The van der Waals surface area contributed by atoms with E-state index in [0.717, 1.165) is 31.6 Å². The molecule has 0 saturated carbocycles. The second kappa shape index (κ2) is 13.4. The molecule has 10 nitrogen and oxygen atoms in total. The number of para-hydroxylation sites is 2. The molecule has 0 bridgehead atoms. The molecule has 2 aromatic carbocycles. The third-order valence-corrected chi connectivity index (χ3v) is 7.59. The van der Waals surface area contributed by atoms with Gasteiger partial charge in [0.1, 0.15) is 17.4 Å². The number of anilines is 6. The zero-order valence-corrected chi connectivity index (χ0v) is 24.3. The molecule has 2 aliphatic heterocycles. The first-order valence-corrected chi connectivity index (χ1v) is 14.6. The van der Waals surface area contributed by atoms with Crippen molar-refractivity contribution in [1.29, 1.82) is 5.26 Å². The van der Waals surface area contributed by atoms with Gasteiger partial charge < -0.3 is 30.5 Å². The van der Waals surface area contributed by atoms with E-state index in [0.29, 0.717) is 34.7 Å². The quantitative estimate of drug-likeness (QED) is 0.261. The molecule has 0 aliphatic carbocycles. The lowest BCUT2D eigenvalue weighted by Gasteiger charge is -2.38. The van der Waals surface area contributed by atoms with Crippen LogP contribution in [-0.2, 0) is 4.79 Å². The Morgan fingerprint density at radius 3 is 2.55 bits per heavy atom. The standard InChI is InChI=1S/C32H38N8O2/c1-4-30(41)35-28-19-25(40-17-13-24(14-18-40)39-15-7-8-16-39)11-12-26(28)37-32-34-21-23(20-33)31(38-32)36-27-9-5-6-10-29(27)42-22(2)3/h4-6,9-12,19,21-22,24H,1,7-8,13-18H2,2-3H3,(H,35,41)(H2,34,36,37,38). The number of carbonyl (C=O) groups is 1. The second-order valence-corrected chi connectivity index (χ2v) is 10.9. The van der Waals surface area contributed by atoms with E-state index in [-0.39, 0.29) is 23.5 Å². The van der Waals surface area contributed by atoms with Gasteiger partial charge in [0.2, 0.25) is 11.9 Å². The third-order valence-electron chi connectivity index (χ3n) is 7.59. The predicted molar refractivity (Wildman–Crippen MR) is 167 cm³/mol. The third kappa shape index (κ3) is 6.98. The molecule has 3 aromatic rings. The van der Waals surface area contributed by atoms with Crippen molar-refractivity contribution in [2.45, 2.75) is 51.7 Å². The molecule has 3 N–H and O–H groups in total. The largest absolute Gasteiger partial charge is 0.489 e. The Hall–Kier alpha value is -4.62. The number of nitrogens with zero attached hydrogens (tertiary/aromatic N) is 5. The first-order valence-electron chi connectivity index (χ1n) is 14.6. The topological polar surface area (TPSA) is 118 Å². The number of aromatic nitrogens is 2. The Balaban J connectivity index is 1.36. The number of benzene rings is 2. The zero-order valence-electron chi connectivity index (χ0n) is 24.3. The number of carbonyl (C=O) groups excluding carboxylic acids is 1. The van der Waals surface area contributed by atoms with Crippen molar-refractivity contribution >= 4 is 40.4 Å². The summed E-state index contributed by atoms with van der Waals surface area (Å²) in [4.78, 5) is 26.3. The van der Waals surface area contributed by atoms with Gasteiger partial charge in [-0.25, -0.2) is 4.98 Å². The van der Waals surface area contributed by atoms with E-state index >= 15 is 0 Å². The molecule has 42 heavy (non-hydrogen) atoms. The average Bonchev–Trinajstić information content (AvgIpc) is 3.54. The number of amides is 1. The van der Waals surface area contributed by atoms with Crippen molar-refractivity contribution in [1.82, 2.24) is 14.9 Å². The highest BCUT2D eigenvalue weighted by molar-refractivity contribution is 6.02. The minimum atomic E-state index is -0.312. The van der Waals surface area contributed by atoms with Crippen molar-refractivity contribution in [2.24, 2.45) is 0 Å². The molecule has 3 heterocycles. The Bertz CT molecular complexity index is 1450. The van der Waals surface area contributed by atoms with E-state index in [4.69, 9.17) is 4.74 Å². The normalized spacial score (nSPS) is 15.7. The van der Waals surface area contributed by atoms with Gasteiger partial charge in [-0.3, -0.25) is 4.79 Å². The average molecular weight is 567 g/mol. The number of hydrogen-bond donors (Lipinski definition) is 3. The summed E-state index contributed by atoms with van der Waals surface area (Å²) in [6.45, 7) is 11.9. The molecule has 2 saturated heterocycles. The summed E-state index contributed by atoms with van der Waals surface area (Å²) in [6.07, 6.45) is 7.57. The lowest BCUT2D eigenvalue weighted by Crippen LogP contribution is -2.43. The smallest absolute Gasteiger partial charge is 0.247 e. The van der Waals surface area contributed by atoms with Crippen LogP contribution in [0.1, 0.15) is 45.1 Å². The second-order valence-electron chi connectivity index (χ2n) is 10.9. The molecule has 0 atom stereocenters. The number of hydrogen-bond acceptors (Lipinski definition) is 9. The molecular formula is C32H38N8O2. The summed E-state index contributed by atoms with van der Waals surface area (Å²) >= 11 is 0. The number of rotatable bonds is 10. The summed E-state index contributed by atoms with van der Waals surface area (Å²) in [5, 5.41) is 19.1. The van der Waals surface area contributed by atoms with Gasteiger partial charge in [-0.15, -0.1) is 0 Å². The Morgan fingerprint density at radius 2 is 1.83 bits per heavy atom. The van der Waals surface area contributed by atoms with Crippen LogP contribution in [0, 0.1) is 11.3 Å². The van der Waals surface area contributed by atoms with Crippen LogP contribution < -0.4 is 25.6 Å². The maximum Gasteiger partial charge on any atom is 0.247 e. The fourth-order valence-corrected chi connectivity index (χ4v) is 5.51. The van der Waals surface area contributed by atoms with Gasteiger partial charge >= 0.3 is 0 Å². The number of likely N-dealkylation sites (tertiary alicyclic amines) is 1. The SMILES string of the molecule is C=CC(=O)Nc1cc(N2CCC(N3CCCC3)CC2)ccc1Nc1ncc(C#N)c(Nc2ccccc2OC(C)C)n1. The van der Waals surface area contributed by atoms with Crippen LogP contribution >= 0.6 is 0 Å². The zero-order chi connectivity index (χ0) is 29.5. The van der Waals surface area contributed by atoms with E-state index in [9.17, 15) is 10.1 Å². The summed E-state index contributed by atoms with van der Waals surface area (Å²) in [5.74, 6) is 0.947. The van der Waals surface area contributed by atoms with E-state index in [2.05, 4.69) is 48.4 Å². The monoisotopic (exact) mass is 566 g/mol. The van der Waals surface area contributed by atoms with Gasteiger partial charge in [-0.05, 0) is 89.0 Å². The maximum absolute atomic E-state index is 12.3. The van der Waals surface area contributed by atoms with Crippen LogP contribution in [0.15, 0.2) is 61.3 Å². The summed E-state index contributed by atoms with van der Waals surface area (Å²) < 4.78 is 5.91. The van der Waals surface area contributed by atoms with Gasteiger partial charge in [-0.1, -0.05) is 18.7 Å². The van der Waals surface area contributed by atoms with Gasteiger partial charge in [0, 0.05) is 24.8 Å². The molecule has 10 heteroatoms. The van der Waals surface area contributed by atoms with Crippen LogP contribution in [0.25, 0.3) is 0 Å². The minimum absolute atomic E-state index is 0.0189. The predicted octanol–water partition coefficient (Wildman–Crippen LogP) is 5.81. The Kier molecular flexibility index (Phi) is 9.19. The molecule has 1 amide bonds. The van der Waals surface area contributed by atoms with Crippen LogP contribution in [-0.4, -0.2) is 59.1 Å². The highest BCUT2D eigenvalue weighted by Gasteiger charge is 2.27. The Labute approximate surface area is 247 Å². The van der Waals surface area contributed by atoms with Crippen molar-refractivity contribution in [3.63, 3.8) is 0 Å². The summed E-state index contributed by atoms with van der Waals surface area (Å²) in [5.41, 5.74) is 3.24. The lowest BCUT2D eigenvalue weighted by molar-refractivity contribution is -0.111. The van der Waals surface area contributed by atoms with Crippen molar-refractivity contribution in [3.8, 4) is 11.8 Å². The highest BCUT2D eigenvalue weighted by Crippen LogP contribution is 2.33. The van der Waals surface area contributed by atoms with Gasteiger partial charge in [0.05, 0.1) is 29.4 Å². The molecule has 0 unspecified atom stereocenters. The fraction of sp³-hybridized carbons (Fsp3) is 0.375. The molecule has 0 spiro atoms. The highest BCUT2D eigenvalue weighted by atomic mass is 16.5. The van der Waals surface area contributed by atoms with E-state index in [1.807, 2.05) is 56.3 Å². The van der Waals surface area contributed by atoms with Gasteiger partial charge in [-0.2, -0.15) is 10.2 Å². The van der Waals surface area contributed by atoms with E-state index in [1.165, 1.54) is 38.2 Å². The molecular weight excluding hydrogens is 528 g/mol. The van der Waals surface area contributed by atoms with Gasteiger partial charge in [0.25, 0.3) is 0 Å². The summed E-state index contributed by atoms with van der Waals surface area (Å²) in [6, 6.07) is 16.2. The molecule has 1 aromatic heterocycles. The van der Waals surface area contributed by atoms with Crippen molar-refractivity contribution in [3.05, 3.63) is 66.9 Å². The molecule has 5 rings (SSSR count). The molecule has 218 valence electrons. The number of ether oxygens (including phenoxy) is 1. The van der Waals surface area contributed by atoms with Crippen molar-refractivity contribution < 1.29 is 9.53 Å². The number of nitriles is 1. The maximum atomic E-state index is 12.3. The summed E-state index contributed by atoms with van der Waals surface area (Å²) in [7, 11) is 0. The first-order chi connectivity index (χ1) is 20.4. The number of piperidine rings is 1. The minimum Gasteiger partial charge on any atom is -0.489 e. The van der Waals surface area contributed by atoms with E-state index in [1.54, 1.807) is 0 Å². The fourth-order valence-electron chi connectivity index (χ4n) is 5.51. The van der Waals surface area contributed by atoms with Gasteiger partial charge in [0.15, 0.2) is 5.82 Å². The van der Waals surface area contributed by atoms with Crippen LogP contribution in [0.3, 0.4) is 0 Å². The Morgan fingerprint density at radius 1 is 1.07 bits per heavy atom.